The largest absolute Gasteiger partial charge is 0.408 e. The molecule has 3 rings (SSSR count). The molecule has 0 radical (unpaired) electrons. The number of anilines is 2. The molecule has 2 N–H and O–H groups in total. The summed E-state index contributed by atoms with van der Waals surface area (Å²) in [5.41, 5.74) is 0.987. The molecule has 0 unspecified atom stereocenters. The molecule has 5 nitrogen and oxygen atoms in total. The first-order valence-corrected chi connectivity index (χ1v) is 8.44. The fourth-order valence-corrected chi connectivity index (χ4v) is 2.54. The van der Waals surface area contributed by atoms with Crippen LogP contribution in [0.25, 0.3) is 5.57 Å². The molecule has 2 aliphatic rings. The molecule has 132 valence electrons. The first kappa shape index (κ1) is 17.0. The summed E-state index contributed by atoms with van der Waals surface area (Å²) in [6.07, 6.45) is 4.03. The average molecular weight is 341 g/mol. The fraction of sp³-hybridized carbons (Fsp3) is 0.688. The molecule has 1 fully saturated rings. The predicted octanol–water partition coefficient (Wildman–Crippen LogP) is 4.01. The van der Waals surface area contributed by atoms with Gasteiger partial charge in [0.25, 0.3) is 0 Å². The highest BCUT2D eigenvalue weighted by atomic mass is 19.4. The normalized spacial score (nSPS) is 19.6. The Hall–Kier alpha value is -1.86. The van der Waals surface area contributed by atoms with Crippen LogP contribution in [-0.4, -0.2) is 33.7 Å². The van der Waals surface area contributed by atoms with Crippen molar-refractivity contribution in [2.75, 3.05) is 17.2 Å². The van der Waals surface area contributed by atoms with Gasteiger partial charge < -0.3 is 10.6 Å². The molecule has 1 atom stereocenters. The van der Waals surface area contributed by atoms with Gasteiger partial charge in [-0.25, -0.2) is 0 Å². The third-order valence-corrected chi connectivity index (χ3v) is 4.30. The van der Waals surface area contributed by atoms with E-state index in [-0.39, 0.29) is 5.95 Å². The van der Waals surface area contributed by atoms with Crippen molar-refractivity contribution in [1.82, 2.24) is 15.0 Å². The van der Waals surface area contributed by atoms with E-state index in [0.29, 0.717) is 17.7 Å². The molecule has 0 spiro atoms. The van der Waals surface area contributed by atoms with Crippen LogP contribution in [0.2, 0.25) is 0 Å². The van der Waals surface area contributed by atoms with Crippen molar-refractivity contribution in [2.24, 2.45) is 5.92 Å². The maximum atomic E-state index is 12.8. The third-order valence-electron chi connectivity index (χ3n) is 4.30. The van der Waals surface area contributed by atoms with Gasteiger partial charge in [-0.15, -0.1) is 0 Å². The summed E-state index contributed by atoms with van der Waals surface area (Å²) in [6, 6.07) is -1.72. The predicted molar refractivity (Wildman–Crippen MR) is 86.6 cm³/mol. The number of aromatic nitrogens is 3. The first-order chi connectivity index (χ1) is 11.4. The lowest BCUT2D eigenvalue weighted by Crippen LogP contribution is -2.34. The first-order valence-electron chi connectivity index (χ1n) is 8.44. The standard InChI is InChI=1S/C16H22F3N5/c1-10(16(17,18)19)21-15-23-13(12-5-3-2-4-6-12)22-14(24-15)20-9-11-7-8-11/h5,10-11H,2-4,6-9H2,1H3,(H2,20,21,22,23,24)/t10-/m1/s1. The van der Waals surface area contributed by atoms with Crippen LogP contribution in [0.3, 0.4) is 0 Å². The molecule has 0 amide bonds. The number of halogens is 3. The monoisotopic (exact) mass is 341 g/mol. The number of hydrogen-bond acceptors (Lipinski definition) is 5. The molecule has 0 aromatic carbocycles. The van der Waals surface area contributed by atoms with E-state index in [1.54, 1.807) is 0 Å². The number of rotatable bonds is 6. The Kier molecular flexibility index (Phi) is 4.91. The van der Waals surface area contributed by atoms with Crippen LogP contribution in [0.4, 0.5) is 25.1 Å². The van der Waals surface area contributed by atoms with E-state index in [1.165, 1.54) is 12.8 Å². The Morgan fingerprint density at radius 3 is 2.54 bits per heavy atom. The number of alkyl halides is 3. The van der Waals surface area contributed by atoms with Crippen molar-refractivity contribution in [1.29, 1.82) is 0 Å². The Balaban J connectivity index is 1.82. The number of hydrogen-bond donors (Lipinski definition) is 2. The van der Waals surface area contributed by atoms with Crippen LogP contribution in [-0.2, 0) is 0 Å². The van der Waals surface area contributed by atoms with Crippen molar-refractivity contribution < 1.29 is 13.2 Å². The Morgan fingerprint density at radius 2 is 1.92 bits per heavy atom. The second-order valence-corrected chi connectivity index (χ2v) is 6.51. The van der Waals surface area contributed by atoms with Gasteiger partial charge in [0.2, 0.25) is 11.9 Å². The van der Waals surface area contributed by atoms with Crippen LogP contribution >= 0.6 is 0 Å². The second kappa shape index (κ2) is 6.94. The van der Waals surface area contributed by atoms with E-state index >= 15 is 0 Å². The van der Waals surface area contributed by atoms with E-state index in [2.05, 4.69) is 31.7 Å². The lowest BCUT2D eigenvalue weighted by Gasteiger charge is -2.19. The molecule has 2 aliphatic carbocycles. The minimum atomic E-state index is -4.35. The van der Waals surface area contributed by atoms with Crippen LogP contribution < -0.4 is 10.6 Å². The van der Waals surface area contributed by atoms with Gasteiger partial charge in [-0.3, -0.25) is 0 Å². The highest BCUT2D eigenvalue weighted by molar-refractivity contribution is 5.62. The Morgan fingerprint density at radius 1 is 1.17 bits per heavy atom. The molecular weight excluding hydrogens is 319 g/mol. The third kappa shape index (κ3) is 4.58. The maximum Gasteiger partial charge on any atom is 0.408 e. The quantitative estimate of drug-likeness (QED) is 0.818. The van der Waals surface area contributed by atoms with Gasteiger partial charge in [-0.1, -0.05) is 6.08 Å². The number of nitrogens with zero attached hydrogens (tertiary/aromatic N) is 3. The smallest absolute Gasteiger partial charge is 0.354 e. The van der Waals surface area contributed by atoms with Gasteiger partial charge in [0.1, 0.15) is 6.04 Å². The minimum absolute atomic E-state index is 0.0328. The van der Waals surface area contributed by atoms with Crippen molar-refractivity contribution in [3.05, 3.63) is 11.9 Å². The lowest BCUT2D eigenvalue weighted by atomic mass is 9.99. The summed E-state index contributed by atoms with van der Waals surface area (Å²) in [4.78, 5) is 12.7. The molecule has 1 aromatic rings. The van der Waals surface area contributed by atoms with Crippen LogP contribution in [0.5, 0.6) is 0 Å². The van der Waals surface area contributed by atoms with Crippen LogP contribution in [0, 0.1) is 5.92 Å². The zero-order chi connectivity index (χ0) is 17.2. The van der Waals surface area contributed by atoms with Crippen LogP contribution in [0.1, 0.15) is 51.3 Å². The molecule has 1 heterocycles. The molecular formula is C16H22F3N5. The van der Waals surface area contributed by atoms with E-state index in [9.17, 15) is 13.2 Å². The van der Waals surface area contributed by atoms with Gasteiger partial charge >= 0.3 is 6.18 Å². The average Bonchev–Trinajstić information content (AvgIpc) is 3.37. The maximum absolute atomic E-state index is 12.8. The van der Waals surface area contributed by atoms with Crippen LogP contribution in [0.15, 0.2) is 6.08 Å². The Labute approximate surface area is 139 Å². The number of nitrogens with one attached hydrogen (secondary N) is 2. The lowest BCUT2D eigenvalue weighted by molar-refractivity contribution is -0.138. The van der Waals surface area contributed by atoms with Gasteiger partial charge in [0, 0.05) is 6.54 Å². The molecule has 8 heteroatoms. The van der Waals surface area contributed by atoms with E-state index in [0.717, 1.165) is 44.7 Å². The van der Waals surface area contributed by atoms with Gasteiger partial charge in [-0.05, 0) is 56.9 Å². The summed E-state index contributed by atoms with van der Waals surface area (Å²) < 4.78 is 38.4. The number of allylic oxidation sites excluding steroid dienone is 2. The summed E-state index contributed by atoms with van der Waals surface area (Å²) >= 11 is 0. The zero-order valence-electron chi connectivity index (χ0n) is 13.7. The molecule has 0 bridgehead atoms. The van der Waals surface area contributed by atoms with Crippen molar-refractivity contribution in [2.45, 2.75) is 57.7 Å². The summed E-state index contributed by atoms with van der Waals surface area (Å²) in [5, 5.41) is 5.48. The van der Waals surface area contributed by atoms with Gasteiger partial charge in [-0.2, -0.15) is 28.1 Å². The second-order valence-electron chi connectivity index (χ2n) is 6.51. The Bertz CT molecular complexity index is 610. The van der Waals surface area contributed by atoms with Gasteiger partial charge in [0.15, 0.2) is 5.82 Å². The topological polar surface area (TPSA) is 62.7 Å². The van der Waals surface area contributed by atoms with E-state index < -0.39 is 12.2 Å². The molecule has 1 saturated carbocycles. The van der Waals surface area contributed by atoms with Crippen molar-refractivity contribution >= 4 is 17.5 Å². The highest BCUT2D eigenvalue weighted by Gasteiger charge is 2.36. The molecule has 1 aromatic heterocycles. The van der Waals surface area contributed by atoms with Crippen molar-refractivity contribution in [3.8, 4) is 0 Å². The van der Waals surface area contributed by atoms with Gasteiger partial charge in [0.05, 0.1) is 0 Å². The van der Waals surface area contributed by atoms with Crippen molar-refractivity contribution in [3.63, 3.8) is 0 Å². The molecule has 0 aliphatic heterocycles. The SMILES string of the molecule is C[C@@H](Nc1nc(NCC2CC2)nc(C2=CCCCC2)n1)C(F)(F)F. The summed E-state index contributed by atoms with van der Waals surface area (Å²) in [5.74, 6) is 1.40. The van der Waals surface area contributed by atoms with E-state index in [4.69, 9.17) is 0 Å². The fourth-order valence-electron chi connectivity index (χ4n) is 2.54. The summed E-state index contributed by atoms with van der Waals surface area (Å²) in [7, 11) is 0. The minimum Gasteiger partial charge on any atom is -0.354 e. The molecule has 24 heavy (non-hydrogen) atoms. The highest BCUT2D eigenvalue weighted by Crippen LogP contribution is 2.30. The van der Waals surface area contributed by atoms with E-state index in [1.807, 2.05) is 0 Å². The summed E-state index contributed by atoms with van der Waals surface area (Å²) in [6.45, 7) is 1.80. The molecule has 0 saturated heterocycles. The zero-order valence-corrected chi connectivity index (χ0v) is 13.7.